The van der Waals surface area contributed by atoms with Gasteiger partial charge in [0.1, 0.15) is 0 Å². The van der Waals surface area contributed by atoms with Gasteiger partial charge in [0.25, 0.3) is 0 Å². The summed E-state index contributed by atoms with van der Waals surface area (Å²) in [6.45, 7) is 2.08. The second-order valence-electron chi connectivity index (χ2n) is 4.65. The van der Waals surface area contributed by atoms with E-state index in [0.29, 0.717) is 0 Å². The summed E-state index contributed by atoms with van der Waals surface area (Å²) in [5.41, 5.74) is 3.96. The zero-order valence-corrected chi connectivity index (χ0v) is 10.4. The van der Waals surface area contributed by atoms with Gasteiger partial charge >= 0.3 is 0 Å². The van der Waals surface area contributed by atoms with Crippen molar-refractivity contribution in [2.45, 2.75) is 44.9 Å². The van der Waals surface area contributed by atoms with Crippen molar-refractivity contribution in [1.29, 1.82) is 5.26 Å². The molecule has 0 heterocycles. The van der Waals surface area contributed by atoms with E-state index in [4.69, 9.17) is 0 Å². The van der Waals surface area contributed by atoms with E-state index in [1.54, 1.807) is 0 Å². The van der Waals surface area contributed by atoms with Gasteiger partial charge in [-0.2, -0.15) is 5.26 Å². The van der Waals surface area contributed by atoms with Gasteiger partial charge in [-0.15, -0.1) is 0 Å². The zero-order valence-electron chi connectivity index (χ0n) is 10.4. The topological polar surface area (TPSA) is 23.8 Å². The van der Waals surface area contributed by atoms with Crippen LogP contribution in [0.25, 0.3) is 5.57 Å². The van der Waals surface area contributed by atoms with Crippen molar-refractivity contribution in [2.75, 3.05) is 0 Å². The SMILES string of the molecule is CCC(C#N)c1ccccc1C1=CCCCC1. The minimum Gasteiger partial charge on any atom is -0.198 e. The maximum Gasteiger partial charge on any atom is 0.0716 e. The molecule has 1 aromatic carbocycles. The van der Waals surface area contributed by atoms with Crippen LogP contribution in [0.1, 0.15) is 56.1 Å². The molecule has 0 aromatic heterocycles. The predicted octanol–water partition coefficient (Wildman–Crippen LogP) is 4.66. The van der Waals surface area contributed by atoms with Crippen LogP contribution in [0, 0.1) is 11.3 Å². The summed E-state index contributed by atoms with van der Waals surface area (Å²) in [4.78, 5) is 0. The lowest BCUT2D eigenvalue weighted by Gasteiger charge is -2.18. The van der Waals surface area contributed by atoms with E-state index >= 15 is 0 Å². The van der Waals surface area contributed by atoms with Crippen LogP contribution in [0.15, 0.2) is 30.3 Å². The Morgan fingerprint density at radius 3 is 2.76 bits per heavy atom. The van der Waals surface area contributed by atoms with Gasteiger partial charge in [-0.05, 0) is 48.8 Å². The first kappa shape index (κ1) is 11.9. The van der Waals surface area contributed by atoms with Crippen LogP contribution in [0.3, 0.4) is 0 Å². The maximum absolute atomic E-state index is 9.23. The Kier molecular flexibility index (Phi) is 3.98. The van der Waals surface area contributed by atoms with Crippen LogP contribution in [0.5, 0.6) is 0 Å². The summed E-state index contributed by atoms with van der Waals surface area (Å²) < 4.78 is 0. The lowest BCUT2D eigenvalue weighted by Crippen LogP contribution is -2.01. The van der Waals surface area contributed by atoms with Crippen molar-refractivity contribution in [3.63, 3.8) is 0 Å². The van der Waals surface area contributed by atoms with E-state index in [0.717, 1.165) is 6.42 Å². The second kappa shape index (κ2) is 5.68. The lowest BCUT2D eigenvalue weighted by molar-refractivity contribution is 0.738. The predicted molar refractivity (Wildman–Crippen MR) is 71.5 cm³/mol. The average molecular weight is 225 g/mol. The molecule has 1 aromatic rings. The molecule has 1 heteroatoms. The normalized spacial score (nSPS) is 17.1. The fourth-order valence-electron chi connectivity index (χ4n) is 2.56. The molecule has 0 spiro atoms. The first-order chi connectivity index (χ1) is 8.36. The van der Waals surface area contributed by atoms with Gasteiger partial charge in [0, 0.05) is 0 Å². The molecule has 0 saturated carbocycles. The Morgan fingerprint density at radius 2 is 2.12 bits per heavy atom. The molecule has 1 unspecified atom stereocenters. The lowest BCUT2D eigenvalue weighted by atomic mass is 9.86. The van der Waals surface area contributed by atoms with E-state index in [1.165, 1.54) is 42.4 Å². The van der Waals surface area contributed by atoms with Crippen molar-refractivity contribution in [3.05, 3.63) is 41.5 Å². The Bertz CT molecular complexity index is 451. The third-order valence-corrected chi connectivity index (χ3v) is 3.54. The molecule has 0 aliphatic heterocycles. The Morgan fingerprint density at radius 1 is 1.29 bits per heavy atom. The van der Waals surface area contributed by atoms with Crippen molar-refractivity contribution in [3.8, 4) is 6.07 Å². The van der Waals surface area contributed by atoms with Gasteiger partial charge in [-0.3, -0.25) is 0 Å². The van der Waals surface area contributed by atoms with E-state index in [1.807, 2.05) is 6.07 Å². The van der Waals surface area contributed by atoms with Crippen molar-refractivity contribution < 1.29 is 0 Å². The summed E-state index contributed by atoms with van der Waals surface area (Å²) in [5.74, 6) is 0.0361. The average Bonchev–Trinajstić information content (AvgIpc) is 2.42. The monoisotopic (exact) mass is 225 g/mol. The molecule has 88 valence electrons. The van der Waals surface area contributed by atoms with E-state index < -0.39 is 0 Å². The molecular weight excluding hydrogens is 206 g/mol. The van der Waals surface area contributed by atoms with Crippen molar-refractivity contribution in [1.82, 2.24) is 0 Å². The van der Waals surface area contributed by atoms with Crippen molar-refractivity contribution >= 4 is 5.57 Å². The first-order valence-corrected chi connectivity index (χ1v) is 6.54. The molecule has 1 nitrogen and oxygen atoms in total. The second-order valence-corrected chi connectivity index (χ2v) is 4.65. The van der Waals surface area contributed by atoms with Crippen LogP contribution in [-0.4, -0.2) is 0 Å². The third kappa shape index (κ3) is 2.58. The number of nitrogens with zero attached hydrogens (tertiary/aromatic N) is 1. The molecule has 0 radical (unpaired) electrons. The van der Waals surface area contributed by atoms with Crippen LogP contribution in [0.4, 0.5) is 0 Å². The highest BCUT2D eigenvalue weighted by atomic mass is 14.3. The van der Waals surface area contributed by atoms with Gasteiger partial charge in [-0.25, -0.2) is 0 Å². The molecule has 0 bridgehead atoms. The number of hydrogen-bond acceptors (Lipinski definition) is 1. The van der Waals surface area contributed by atoms with Crippen LogP contribution >= 0.6 is 0 Å². The summed E-state index contributed by atoms with van der Waals surface area (Å²) in [6, 6.07) is 10.8. The largest absolute Gasteiger partial charge is 0.198 e. The quantitative estimate of drug-likeness (QED) is 0.733. The van der Waals surface area contributed by atoms with E-state index in [9.17, 15) is 5.26 Å². The number of allylic oxidation sites excluding steroid dienone is 2. The number of nitriles is 1. The van der Waals surface area contributed by atoms with Crippen LogP contribution < -0.4 is 0 Å². The summed E-state index contributed by atoms with van der Waals surface area (Å²) in [7, 11) is 0. The van der Waals surface area contributed by atoms with Gasteiger partial charge < -0.3 is 0 Å². The Labute approximate surface area is 104 Å². The molecular formula is C16H19N. The van der Waals surface area contributed by atoms with Crippen LogP contribution in [0.2, 0.25) is 0 Å². The molecule has 1 aliphatic carbocycles. The highest BCUT2D eigenvalue weighted by molar-refractivity contribution is 5.69. The molecule has 0 amide bonds. The Hall–Kier alpha value is -1.55. The number of benzene rings is 1. The maximum atomic E-state index is 9.23. The Balaban J connectivity index is 2.40. The summed E-state index contributed by atoms with van der Waals surface area (Å²) in [6.07, 6.45) is 8.18. The molecule has 0 fully saturated rings. The summed E-state index contributed by atoms with van der Waals surface area (Å²) >= 11 is 0. The molecule has 1 atom stereocenters. The van der Waals surface area contributed by atoms with Crippen LogP contribution in [-0.2, 0) is 0 Å². The zero-order chi connectivity index (χ0) is 12.1. The van der Waals surface area contributed by atoms with Crippen molar-refractivity contribution in [2.24, 2.45) is 0 Å². The molecule has 2 rings (SSSR count). The number of hydrogen-bond donors (Lipinski definition) is 0. The third-order valence-electron chi connectivity index (χ3n) is 3.54. The molecule has 17 heavy (non-hydrogen) atoms. The fourth-order valence-corrected chi connectivity index (χ4v) is 2.56. The fraction of sp³-hybridized carbons (Fsp3) is 0.438. The van der Waals surface area contributed by atoms with E-state index in [2.05, 4.69) is 37.3 Å². The van der Waals surface area contributed by atoms with E-state index in [-0.39, 0.29) is 5.92 Å². The first-order valence-electron chi connectivity index (χ1n) is 6.54. The van der Waals surface area contributed by atoms with Gasteiger partial charge in [0.05, 0.1) is 12.0 Å². The molecule has 1 aliphatic rings. The number of rotatable bonds is 3. The summed E-state index contributed by atoms with van der Waals surface area (Å²) in [5, 5.41) is 9.23. The molecule has 0 saturated heterocycles. The minimum absolute atomic E-state index is 0.0361. The standard InChI is InChI=1S/C16H19N/c1-2-13(12-17)15-10-6-7-11-16(15)14-8-4-3-5-9-14/h6-8,10-11,13H,2-5,9H2,1H3. The van der Waals surface area contributed by atoms with Gasteiger partial charge in [-0.1, -0.05) is 37.3 Å². The van der Waals surface area contributed by atoms with Gasteiger partial charge in [0.2, 0.25) is 0 Å². The smallest absolute Gasteiger partial charge is 0.0716 e. The minimum atomic E-state index is 0.0361. The molecule has 0 N–H and O–H groups in total. The highest BCUT2D eigenvalue weighted by Crippen LogP contribution is 2.33. The highest BCUT2D eigenvalue weighted by Gasteiger charge is 2.15. The van der Waals surface area contributed by atoms with Gasteiger partial charge in [0.15, 0.2) is 0 Å².